The second-order valence-corrected chi connectivity index (χ2v) is 4.30. The van der Waals surface area contributed by atoms with Gasteiger partial charge in [0.15, 0.2) is 5.69 Å². The Bertz CT molecular complexity index is 721. The molecule has 0 amide bonds. The molecular formula is C13H11FN2O4. The largest absolute Gasteiger partial charge is 0.478 e. The van der Waals surface area contributed by atoms with Gasteiger partial charge in [-0.25, -0.2) is 14.0 Å². The summed E-state index contributed by atoms with van der Waals surface area (Å²) < 4.78 is 14.8. The zero-order valence-corrected chi connectivity index (χ0v) is 10.7. The highest BCUT2D eigenvalue weighted by atomic mass is 19.1. The maximum atomic E-state index is 13.5. The summed E-state index contributed by atoms with van der Waals surface area (Å²) in [4.78, 5) is 21.8. The van der Waals surface area contributed by atoms with Crippen LogP contribution in [0, 0.1) is 12.7 Å². The molecule has 0 bridgehead atoms. The molecule has 0 radical (unpaired) electrons. The Labute approximate surface area is 113 Å². The van der Waals surface area contributed by atoms with E-state index in [1.165, 1.54) is 23.9 Å². The van der Waals surface area contributed by atoms with E-state index in [4.69, 9.17) is 10.2 Å². The number of hydrogen-bond acceptors (Lipinski definition) is 3. The molecule has 0 aliphatic carbocycles. The van der Waals surface area contributed by atoms with Crippen LogP contribution in [0.1, 0.15) is 26.4 Å². The first kappa shape index (κ1) is 13.7. The monoisotopic (exact) mass is 278 g/mol. The molecule has 6 nitrogen and oxygen atoms in total. The number of halogens is 1. The fourth-order valence-corrected chi connectivity index (χ4v) is 1.94. The lowest BCUT2D eigenvalue weighted by atomic mass is 10.0. The van der Waals surface area contributed by atoms with E-state index in [0.29, 0.717) is 16.8 Å². The van der Waals surface area contributed by atoms with Gasteiger partial charge in [0.1, 0.15) is 5.82 Å². The number of benzene rings is 1. The van der Waals surface area contributed by atoms with Gasteiger partial charge in [-0.2, -0.15) is 5.10 Å². The van der Waals surface area contributed by atoms with E-state index in [1.807, 2.05) is 0 Å². The van der Waals surface area contributed by atoms with E-state index < -0.39 is 23.3 Å². The number of aromatic nitrogens is 2. The van der Waals surface area contributed by atoms with Crippen molar-refractivity contribution in [1.29, 1.82) is 0 Å². The van der Waals surface area contributed by atoms with Gasteiger partial charge in [0.05, 0.1) is 11.3 Å². The predicted octanol–water partition coefficient (Wildman–Crippen LogP) is 1.93. The van der Waals surface area contributed by atoms with Gasteiger partial charge in [-0.1, -0.05) is 0 Å². The summed E-state index contributed by atoms with van der Waals surface area (Å²) in [5.74, 6) is -3.41. The van der Waals surface area contributed by atoms with Crippen LogP contribution in [0.2, 0.25) is 0 Å². The first-order chi connectivity index (χ1) is 9.31. The van der Waals surface area contributed by atoms with Crippen molar-refractivity contribution in [2.24, 2.45) is 7.05 Å². The molecule has 1 aromatic carbocycles. The molecule has 2 N–H and O–H groups in total. The minimum Gasteiger partial charge on any atom is -0.478 e. The van der Waals surface area contributed by atoms with Gasteiger partial charge in [0.2, 0.25) is 0 Å². The van der Waals surface area contributed by atoms with E-state index in [-0.39, 0.29) is 5.69 Å². The lowest BCUT2D eigenvalue weighted by molar-refractivity contribution is 0.0679. The molecule has 20 heavy (non-hydrogen) atoms. The van der Waals surface area contributed by atoms with E-state index in [9.17, 15) is 14.0 Å². The highest BCUT2D eigenvalue weighted by molar-refractivity contribution is 5.91. The Morgan fingerprint density at radius 2 is 1.85 bits per heavy atom. The van der Waals surface area contributed by atoms with Gasteiger partial charge in [-0.3, -0.25) is 4.68 Å². The maximum Gasteiger partial charge on any atom is 0.356 e. The smallest absolute Gasteiger partial charge is 0.356 e. The third kappa shape index (κ3) is 2.25. The highest BCUT2D eigenvalue weighted by Gasteiger charge is 2.18. The zero-order valence-electron chi connectivity index (χ0n) is 10.7. The molecule has 1 heterocycles. The summed E-state index contributed by atoms with van der Waals surface area (Å²) in [6, 6.07) is 3.59. The fourth-order valence-electron chi connectivity index (χ4n) is 1.94. The lowest BCUT2D eigenvalue weighted by Crippen LogP contribution is -2.03. The number of carboxylic acid groups (broad SMARTS) is 2. The van der Waals surface area contributed by atoms with Crippen LogP contribution in [-0.2, 0) is 7.05 Å². The van der Waals surface area contributed by atoms with Crippen LogP contribution in [0.15, 0.2) is 18.2 Å². The average molecular weight is 278 g/mol. The second kappa shape index (κ2) is 4.76. The number of hydrogen-bond donors (Lipinski definition) is 2. The summed E-state index contributed by atoms with van der Waals surface area (Å²) in [6.07, 6.45) is 0. The van der Waals surface area contributed by atoms with E-state index in [1.54, 1.807) is 6.92 Å². The SMILES string of the molecule is Cc1cc(F)c(C(=O)O)cc1-c1cc(C(=O)O)nn1C. The van der Waals surface area contributed by atoms with Crippen LogP contribution in [0.3, 0.4) is 0 Å². The van der Waals surface area contributed by atoms with Gasteiger partial charge in [-0.05, 0) is 30.7 Å². The average Bonchev–Trinajstić information content (AvgIpc) is 2.71. The lowest BCUT2D eigenvalue weighted by Gasteiger charge is -2.08. The number of rotatable bonds is 3. The van der Waals surface area contributed by atoms with E-state index in [2.05, 4.69) is 5.10 Å². The van der Waals surface area contributed by atoms with Crippen molar-refractivity contribution in [2.45, 2.75) is 6.92 Å². The zero-order chi connectivity index (χ0) is 15.0. The first-order valence-corrected chi connectivity index (χ1v) is 5.62. The van der Waals surface area contributed by atoms with Crippen LogP contribution >= 0.6 is 0 Å². The first-order valence-electron chi connectivity index (χ1n) is 5.62. The number of carbonyl (C=O) groups is 2. The second-order valence-electron chi connectivity index (χ2n) is 4.30. The van der Waals surface area contributed by atoms with Crippen LogP contribution in [0.5, 0.6) is 0 Å². The van der Waals surface area contributed by atoms with Crippen LogP contribution in [0.25, 0.3) is 11.3 Å². The Morgan fingerprint density at radius 3 is 2.35 bits per heavy atom. The normalized spacial score (nSPS) is 10.6. The number of nitrogens with zero attached hydrogens (tertiary/aromatic N) is 2. The van der Waals surface area contributed by atoms with Crippen molar-refractivity contribution < 1.29 is 24.2 Å². The molecule has 0 saturated heterocycles. The van der Waals surface area contributed by atoms with Crippen LogP contribution in [-0.4, -0.2) is 31.9 Å². The Hall–Kier alpha value is -2.70. The van der Waals surface area contributed by atoms with Gasteiger partial charge in [-0.15, -0.1) is 0 Å². The van der Waals surface area contributed by atoms with Gasteiger partial charge >= 0.3 is 11.9 Å². The molecule has 0 atom stereocenters. The molecule has 1 aromatic heterocycles. The quantitative estimate of drug-likeness (QED) is 0.894. The molecule has 7 heteroatoms. The number of carboxylic acids is 2. The molecule has 0 aliphatic heterocycles. The summed E-state index contributed by atoms with van der Waals surface area (Å²) in [6.45, 7) is 1.61. The maximum absolute atomic E-state index is 13.5. The standard InChI is InChI=1S/C13H11FN2O4/c1-6-3-9(14)8(12(17)18)4-7(6)11-5-10(13(19)20)15-16(11)2/h3-5H,1-2H3,(H,17,18)(H,19,20). The Morgan fingerprint density at radius 1 is 1.20 bits per heavy atom. The molecule has 0 unspecified atom stereocenters. The van der Waals surface area contributed by atoms with Crippen molar-refractivity contribution in [3.05, 3.63) is 40.8 Å². The van der Waals surface area contributed by atoms with Crippen molar-refractivity contribution in [3.8, 4) is 11.3 Å². The summed E-state index contributed by atoms with van der Waals surface area (Å²) in [5, 5.41) is 21.6. The van der Waals surface area contributed by atoms with Crippen LogP contribution in [0.4, 0.5) is 4.39 Å². The molecule has 2 rings (SSSR count). The minimum absolute atomic E-state index is 0.164. The van der Waals surface area contributed by atoms with Gasteiger partial charge < -0.3 is 10.2 Å². The van der Waals surface area contributed by atoms with Crippen LogP contribution < -0.4 is 0 Å². The fraction of sp³-hybridized carbons (Fsp3) is 0.154. The van der Waals surface area contributed by atoms with Gasteiger partial charge in [0, 0.05) is 12.6 Å². The predicted molar refractivity (Wildman–Crippen MR) is 67.3 cm³/mol. The third-order valence-electron chi connectivity index (χ3n) is 2.92. The molecule has 0 saturated carbocycles. The van der Waals surface area contributed by atoms with Crippen molar-refractivity contribution >= 4 is 11.9 Å². The summed E-state index contributed by atoms with van der Waals surface area (Å²) in [7, 11) is 1.53. The molecule has 0 aliphatic rings. The molecule has 2 aromatic rings. The molecular weight excluding hydrogens is 267 g/mol. The van der Waals surface area contributed by atoms with E-state index in [0.717, 1.165) is 6.07 Å². The molecule has 0 fully saturated rings. The minimum atomic E-state index is -1.38. The van der Waals surface area contributed by atoms with Crippen molar-refractivity contribution in [1.82, 2.24) is 9.78 Å². The molecule has 0 spiro atoms. The summed E-state index contributed by atoms with van der Waals surface area (Å²) >= 11 is 0. The van der Waals surface area contributed by atoms with Crippen molar-refractivity contribution in [2.75, 3.05) is 0 Å². The number of aryl methyl sites for hydroxylation is 2. The molecule has 104 valence electrons. The Balaban J connectivity index is 2.66. The van der Waals surface area contributed by atoms with Crippen molar-refractivity contribution in [3.63, 3.8) is 0 Å². The third-order valence-corrected chi connectivity index (χ3v) is 2.92. The number of aromatic carboxylic acids is 2. The van der Waals surface area contributed by atoms with E-state index >= 15 is 0 Å². The van der Waals surface area contributed by atoms with Gasteiger partial charge in [0.25, 0.3) is 0 Å². The Kier molecular flexibility index (Phi) is 3.27. The topological polar surface area (TPSA) is 92.4 Å². The summed E-state index contributed by atoms with van der Waals surface area (Å²) in [5.41, 5.74) is 0.688. The highest BCUT2D eigenvalue weighted by Crippen LogP contribution is 2.26.